The molecule has 1 amide bonds. The molecule has 2 aliphatic rings. The van der Waals surface area contributed by atoms with E-state index in [1.165, 1.54) is 0 Å². The van der Waals surface area contributed by atoms with Crippen molar-refractivity contribution in [2.45, 2.75) is 45.0 Å². The Morgan fingerprint density at radius 2 is 2.00 bits per heavy atom. The van der Waals surface area contributed by atoms with Crippen LogP contribution in [0.2, 0.25) is 0 Å². The van der Waals surface area contributed by atoms with Gasteiger partial charge in [-0.15, -0.1) is 0 Å². The molecule has 2 fully saturated rings. The Hall–Kier alpha value is -1.14. The minimum Gasteiger partial charge on any atom is -0.481 e. The third-order valence-corrected chi connectivity index (χ3v) is 3.74. The van der Waals surface area contributed by atoms with E-state index in [1.807, 2.05) is 13.8 Å². The first-order chi connectivity index (χ1) is 8.89. The highest BCUT2D eigenvalue weighted by molar-refractivity contribution is 5.85. The lowest BCUT2D eigenvalue weighted by Crippen LogP contribution is -2.40. The summed E-state index contributed by atoms with van der Waals surface area (Å²) in [5.41, 5.74) is 0. The second-order valence-electron chi connectivity index (χ2n) is 5.68. The number of carboxylic acid groups (broad SMARTS) is 1. The quantitative estimate of drug-likeness (QED) is 0.788. The minimum atomic E-state index is -0.876. The zero-order valence-electron chi connectivity index (χ0n) is 11.3. The number of amides is 1. The largest absolute Gasteiger partial charge is 0.481 e. The molecule has 1 saturated heterocycles. The molecule has 0 aromatic rings. The first-order valence-electron chi connectivity index (χ1n) is 6.71. The molecule has 0 bridgehead atoms. The van der Waals surface area contributed by atoms with Crippen LogP contribution >= 0.6 is 0 Å². The van der Waals surface area contributed by atoms with Gasteiger partial charge in [0, 0.05) is 6.54 Å². The third-order valence-electron chi connectivity index (χ3n) is 3.74. The molecular weight excluding hydrogens is 250 g/mol. The van der Waals surface area contributed by atoms with Crippen LogP contribution in [0, 0.1) is 11.8 Å². The summed E-state index contributed by atoms with van der Waals surface area (Å²) in [7, 11) is 0. The van der Waals surface area contributed by atoms with E-state index in [9.17, 15) is 9.59 Å². The first kappa shape index (κ1) is 14.3. The van der Waals surface area contributed by atoms with E-state index >= 15 is 0 Å². The van der Waals surface area contributed by atoms with E-state index < -0.39 is 23.6 Å². The molecule has 1 aliphatic heterocycles. The van der Waals surface area contributed by atoms with Gasteiger partial charge in [-0.2, -0.15) is 0 Å². The van der Waals surface area contributed by atoms with Crippen LogP contribution in [-0.2, 0) is 19.1 Å². The van der Waals surface area contributed by atoms with Crippen LogP contribution < -0.4 is 5.32 Å². The van der Waals surface area contributed by atoms with Gasteiger partial charge in [0.25, 0.3) is 0 Å². The highest BCUT2D eigenvalue weighted by Gasteiger charge is 2.38. The molecular formula is C13H21NO5. The van der Waals surface area contributed by atoms with Crippen molar-refractivity contribution in [3.8, 4) is 0 Å². The summed E-state index contributed by atoms with van der Waals surface area (Å²) in [6.07, 6.45) is 1.87. The average Bonchev–Trinajstić information content (AvgIpc) is 2.92. The zero-order chi connectivity index (χ0) is 14.0. The second-order valence-corrected chi connectivity index (χ2v) is 5.68. The van der Waals surface area contributed by atoms with E-state index in [2.05, 4.69) is 5.32 Å². The van der Waals surface area contributed by atoms with Crippen molar-refractivity contribution < 1.29 is 24.2 Å². The van der Waals surface area contributed by atoms with E-state index in [-0.39, 0.29) is 12.0 Å². The summed E-state index contributed by atoms with van der Waals surface area (Å²) < 4.78 is 11.0. The predicted octanol–water partition coefficient (Wildman–Crippen LogP) is 0.755. The fourth-order valence-electron chi connectivity index (χ4n) is 2.78. The first-order valence-corrected chi connectivity index (χ1v) is 6.71. The maximum Gasteiger partial charge on any atom is 0.307 e. The summed E-state index contributed by atoms with van der Waals surface area (Å²) in [5, 5.41) is 11.8. The highest BCUT2D eigenvalue weighted by Crippen LogP contribution is 2.32. The summed E-state index contributed by atoms with van der Waals surface area (Å²) >= 11 is 0. The third kappa shape index (κ3) is 3.45. The van der Waals surface area contributed by atoms with Crippen LogP contribution in [0.4, 0.5) is 0 Å². The number of aliphatic carboxylic acids is 1. The van der Waals surface area contributed by atoms with E-state index in [1.54, 1.807) is 0 Å². The lowest BCUT2D eigenvalue weighted by molar-refractivity contribution is -0.146. The van der Waals surface area contributed by atoms with Crippen LogP contribution in [0.3, 0.4) is 0 Å². The minimum absolute atomic E-state index is 0.163. The van der Waals surface area contributed by atoms with Crippen molar-refractivity contribution in [1.29, 1.82) is 0 Å². The smallest absolute Gasteiger partial charge is 0.307 e. The molecule has 19 heavy (non-hydrogen) atoms. The van der Waals surface area contributed by atoms with Crippen LogP contribution in [-0.4, -0.2) is 42.0 Å². The van der Waals surface area contributed by atoms with Gasteiger partial charge in [0.15, 0.2) is 5.79 Å². The van der Waals surface area contributed by atoms with Crippen molar-refractivity contribution in [1.82, 2.24) is 5.32 Å². The number of carboxylic acids is 1. The molecule has 3 unspecified atom stereocenters. The molecule has 0 radical (unpaired) electrons. The average molecular weight is 271 g/mol. The van der Waals surface area contributed by atoms with Gasteiger partial charge in [-0.1, -0.05) is 6.42 Å². The number of hydrogen-bond donors (Lipinski definition) is 2. The van der Waals surface area contributed by atoms with Crippen LogP contribution in [0.15, 0.2) is 0 Å². The summed E-state index contributed by atoms with van der Waals surface area (Å²) in [6.45, 7) is 4.46. The van der Waals surface area contributed by atoms with Gasteiger partial charge in [-0.25, -0.2) is 0 Å². The fourth-order valence-corrected chi connectivity index (χ4v) is 2.78. The predicted molar refractivity (Wildman–Crippen MR) is 66.4 cm³/mol. The second kappa shape index (κ2) is 5.46. The number of carbonyl (C=O) groups excluding carboxylic acids is 1. The van der Waals surface area contributed by atoms with Gasteiger partial charge in [0.05, 0.1) is 18.4 Å². The Morgan fingerprint density at radius 1 is 1.32 bits per heavy atom. The summed E-state index contributed by atoms with van der Waals surface area (Å²) in [6, 6.07) is 0. The monoisotopic (exact) mass is 271 g/mol. The van der Waals surface area contributed by atoms with Crippen molar-refractivity contribution in [3.05, 3.63) is 0 Å². The van der Waals surface area contributed by atoms with Gasteiger partial charge >= 0.3 is 5.97 Å². The Bertz CT molecular complexity index is 368. The zero-order valence-corrected chi connectivity index (χ0v) is 11.3. The standard InChI is InChI=1S/C13H21NO5/c1-13(2)18-7-8(19-13)6-14-11(15)9-4-3-5-10(9)12(16)17/h8-10H,3-7H2,1-2H3,(H,14,15)(H,16,17). The number of ether oxygens (including phenoxy) is 2. The van der Waals surface area contributed by atoms with Crippen LogP contribution in [0.25, 0.3) is 0 Å². The van der Waals surface area contributed by atoms with E-state index in [4.69, 9.17) is 14.6 Å². The molecule has 1 heterocycles. The van der Waals surface area contributed by atoms with Crippen molar-refractivity contribution in [3.63, 3.8) is 0 Å². The molecule has 108 valence electrons. The lowest BCUT2D eigenvalue weighted by Gasteiger charge is -2.19. The van der Waals surface area contributed by atoms with E-state index in [0.29, 0.717) is 26.0 Å². The number of rotatable bonds is 4. The van der Waals surface area contributed by atoms with Gasteiger partial charge in [-0.3, -0.25) is 9.59 Å². The molecule has 6 heteroatoms. The van der Waals surface area contributed by atoms with E-state index in [0.717, 1.165) is 6.42 Å². The number of carbonyl (C=O) groups is 2. The SMILES string of the molecule is CC1(C)OCC(CNC(=O)C2CCCC2C(=O)O)O1. The maximum atomic E-state index is 12.0. The lowest BCUT2D eigenvalue weighted by atomic mass is 9.95. The van der Waals surface area contributed by atoms with Crippen molar-refractivity contribution in [2.75, 3.05) is 13.2 Å². The van der Waals surface area contributed by atoms with Crippen LogP contribution in [0.1, 0.15) is 33.1 Å². The Labute approximate surface area is 112 Å². The molecule has 2 N–H and O–H groups in total. The normalized spacial score (nSPS) is 33.3. The molecule has 3 atom stereocenters. The van der Waals surface area contributed by atoms with Gasteiger partial charge < -0.3 is 19.9 Å². The molecule has 2 rings (SSSR count). The Morgan fingerprint density at radius 3 is 2.58 bits per heavy atom. The molecule has 0 aromatic heterocycles. The highest BCUT2D eigenvalue weighted by atomic mass is 16.7. The number of hydrogen-bond acceptors (Lipinski definition) is 4. The Kier molecular flexibility index (Phi) is 4.10. The number of nitrogens with one attached hydrogen (secondary N) is 1. The van der Waals surface area contributed by atoms with Gasteiger partial charge in [-0.05, 0) is 26.7 Å². The molecule has 0 aromatic carbocycles. The molecule has 1 saturated carbocycles. The van der Waals surface area contributed by atoms with Gasteiger partial charge in [0.1, 0.15) is 6.10 Å². The van der Waals surface area contributed by atoms with Crippen molar-refractivity contribution in [2.24, 2.45) is 11.8 Å². The molecule has 1 aliphatic carbocycles. The molecule has 0 spiro atoms. The fraction of sp³-hybridized carbons (Fsp3) is 0.846. The Balaban J connectivity index is 1.80. The topological polar surface area (TPSA) is 84.9 Å². The van der Waals surface area contributed by atoms with Crippen molar-refractivity contribution >= 4 is 11.9 Å². The maximum absolute atomic E-state index is 12.0. The molecule has 6 nitrogen and oxygen atoms in total. The summed E-state index contributed by atoms with van der Waals surface area (Å²) in [5.74, 6) is -2.62. The van der Waals surface area contributed by atoms with Crippen LogP contribution in [0.5, 0.6) is 0 Å². The van der Waals surface area contributed by atoms with Gasteiger partial charge in [0.2, 0.25) is 5.91 Å². The summed E-state index contributed by atoms with van der Waals surface area (Å²) in [4.78, 5) is 23.0.